The van der Waals surface area contributed by atoms with E-state index < -0.39 is 0 Å². The Labute approximate surface area is 176 Å². The maximum Gasteiger partial charge on any atom is 0.232 e. The summed E-state index contributed by atoms with van der Waals surface area (Å²) in [6.07, 6.45) is 3.64. The van der Waals surface area contributed by atoms with E-state index in [0.29, 0.717) is 11.6 Å². The molecule has 0 spiro atoms. The molecule has 0 aliphatic carbocycles. The topological polar surface area (TPSA) is 85.8 Å². The van der Waals surface area contributed by atoms with Crippen molar-refractivity contribution in [2.45, 2.75) is 32.6 Å². The van der Waals surface area contributed by atoms with E-state index in [0.717, 1.165) is 26.9 Å². The van der Waals surface area contributed by atoms with Crippen LogP contribution < -0.4 is 5.32 Å². The van der Waals surface area contributed by atoms with Gasteiger partial charge in [-0.25, -0.2) is 4.98 Å². The lowest BCUT2D eigenvalue weighted by atomic mass is 9.92. The Morgan fingerprint density at radius 1 is 1.17 bits per heavy atom. The first kappa shape index (κ1) is 19.3. The molecule has 0 atom stereocenters. The fourth-order valence-corrected chi connectivity index (χ4v) is 3.24. The molecule has 0 saturated heterocycles. The number of rotatable bonds is 4. The summed E-state index contributed by atoms with van der Waals surface area (Å²) < 4.78 is 8.14. The second kappa shape index (κ2) is 7.44. The van der Waals surface area contributed by atoms with Gasteiger partial charge in [-0.3, -0.25) is 19.7 Å². The molecule has 0 aliphatic rings. The molecule has 3 aromatic heterocycles. The zero-order valence-electron chi connectivity index (χ0n) is 16.3. The first-order chi connectivity index (χ1) is 13.8. The summed E-state index contributed by atoms with van der Waals surface area (Å²) in [6, 6.07) is 11.4. The van der Waals surface area contributed by atoms with E-state index in [9.17, 15) is 4.79 Å². The molecule has 1 N–H and O–H groups in total. The van der Waals surface area contributed by atoms with Crippen molar-refractivity contribution >= 4 is 38.8 Å². The molecule has 1 amide bonds. The van der Waals surface area contributed by atoms with Gasteiger partial charge in [-0.2, -0.15) is 0 Å². The smallest absolute Gasteiger partial charge is 0.232 e. The molecule has 0 aliphatic heterocycles. The van der Waals surface area contributed by atoms with Gasteiger partial charge in [-0.05, 0) is 30.3 Å². The van der Waals surface area contributed by atoms with Crippen molar-refractivity contribution in [3.05, 3.63) is 64.8 Å². The second-order valence-electron chi connectivity index (χ2n) is 7.81. The van der Waals surface area contributed by atoms with Crippen LogP contribution in [0.4, 0.5) is 5.88 Å². The zero-order valence-corrected chi connectivity index (χ0v) is 17.9. The average molecular weight is 454 g/mol. The van der Waals surface area contributed by atoms with Crippen LogP contribution in [0.3, 0.4) is 0 Å². The van der Waals surface area contributed by atoms with Gasteiger partial charge in [0.2, 0.25) is 11.8 Å². The standard InChI is InChI=1S/C21H20BrN5O2/c1-21(2,3)18-10-20(29-26-18)25-19(28)9-14-5-6-15(11-23-14)27-12-24-16-8-13(22)4-7-17(16)27/h4-8,10-12H,9H2,1-3H3,(H,25,28). The molecule has 29 heavy (non-hydrogen) atoms. The Balaban J connectivity index is 1.45. The fourth-order valence-electron chi connectivity index (χ4n) is 2.89. The van der Waals surface area contributed by atoms with Crippen LogP contribution in [-0.4, -0.2) is 25.6 Å². The van der Waals surface area contributed by atoms with Crippen molar-refractivity contribution < 1.29 is 9.32 Å². The van der Waals surface area contributed by atoms with E-state index in [1.54, 1.807) is 18.6 Å². The molecule has 1 aromatic carbocycles. The van der Waals surface area contributed by atoms with Gasteiger partial charge in [0.25, 0.3) is 0 Å². The molecule has 7 nitrogen and oxygen atoms in total. The van der Waals surface area contributed by atoms with Gasteiger partial charge in [0.1, 0.15) is 6.33 Å². The Hall–Kier alpha value is -3.00. The Kier molecular flexibility index (Phi) is 4.96. The van der Waals surface area contributed by atoms with Crippen molar-refractivity contribution in [3.8, 4) is 5.69 Å². The van der Waals surface area contributed by atoms with E-state index >= 15 is 0 Å². The summed E-state index contributed by atoms with van der Waals surface area (Å²) in [5.74, 6) is 0.132. The lowest BCUT2D eigenvalue weighted by molar-refractivity contribution is -0.115. The van der Waals surface area contributed by atoms with Gasteiger partial charge in [-0.15, -0.1) is 0 Å². The molecule has 0 bridgehead atoms. The maximum atomic E-state index is 12.3. The van der Waals surface area contributed by atoms with Crippen molar-refractivity contribution in [2.75, 3.05) is 5.32 Å². The molecule has 0 radical (unpaired) electrons. The van der Waals surface area contributed by atoms with Crippen molar-refractivity contribution in [1.29, 1.82) is 0 Å². The normalized spacial score (nSPS) is 11.7. The average Bonchev–Trinajstić information content (AvgIpc) is 3.29. The summed E-state index contributed by atoms with van der Waals surface area (Å²) in [5, 5.41) is 6.73. The molecule has 4 aromatic rings. The van der Waals surface area contributed by atoms with E-state index in [1.165, 1.54) is 0 Å². The number of nitrogens with zero attached hydrogens (tertiary/aromatic N) is 4. The molecule has 4 rings (SSSR count). The minimum atomic E-state index is -0.209. The highest BCUT2D eigenvalue weighted by Crippen LogP contribution is 2.24. The highest BCUT2D eigenvalue weighted by molar-refractivity contribution is 9.10. The SMILES string of the molecule is CC(C)(C)c1cc(NC(=O)Cc2ccc(-n3cnc4cc(Br)ccc43)cn2)on1. The van der Waals surface area contributed by atoms with E-state index in [1.807, 2.05) is 55.7 Å². The first-order valence-electron chi connectivity index (χ1n) is 9.14. The summed E-state index contributed by atoms with van der Waals surface area (Å²) >= 11 is 3.45. The number of carbonyl (C=O) groups excluding carboxylic acids is 1. The number of benzene rings is 1. The van der Waals surface area contributed by atoms with Crippen LogP contribution in [0, 0.1) is 0 Å². The summed E-state index contributed by atoms with van der Waals surface area (Å²) in [6.45, 7) is 6.10. The number of aromatic nitrogens is 4. The molecular weight excluding hydrogens is 434 g/mol. The van der Waals surface area contributed by atoms with Gasteiger partial charge in [0, 0.05) is 21.6 Å². The monoisotopic (exact) mass is 453 g/mol. The Morgan fingerprint density at radius 2 is 2.00 bits per heavy atom. The number of imidazole rings is 1. The van der Waals surface area contributed by atoms with Gasteiger partial charge in [-0.1, -0.05) is 41.9 Å². The molecule has 3 heterocycles. The fraction of sp³-hybridized carbons (Fsp3) is 0.238. The molecule has 148 valence electrons. The molecule has 0 fully saturated rings. The number of amides is 1. The lowest BCUT2D eigenvalue weighted by Gasteiger charge is -2.12. The van der Waals surface area contributed by atoms with E-state index in [4.69, 9.17) is 4.52 Å². The Bertz CT molecular complexity index is 1170. The van der Waals surface area contributed by atoms with Crippen molar-refractivity contribution in [2.24, 2.45) is 0 Å². The zero-order chi connectivity index (χ0) is 20.6. The van der Waals surface area contributed by atoms with Gasteiger partial charge < -0.3 is 4.52 Å². The third kappa shape index (κ3) is 4.22. The van der Waals surface area contributed by atoms with Crippen molar-refractivity contribution in [1.82, 2.24) is 19.7 Å². The predicted octanol–water partition coefficient (Wildman–Crippen LogP) is 4.65. The molecule has 8 heteroatoms. The highest BCUT2D eigenvalue weighted by atomic mass is 79.9. The summed E-state index contributed by atoms with van der Waals surface area (Å²) in [4.78, 5) is 21.1. The third-order valence-corrected chi connectivity index (χ3v) is 4.97. The highest BCUT2D eigenvalue weighted by Gasteiger charge is 2.19. The summed E-state index contributed by atoms with van der Waals surface area (Å²) in [7, 11) is 0. The van der Waals surface area contributed by atoms with Crippen LogP contribution in [0.15, 0.2) is 57.9 Å². The number of anilines is 1. The number of nitrogens with one attached hydrogen (secondary N) is 1. The molecule has 0 saturated carbocycles. The summed E-state index contributed by atoms with van der Waals surface area (Å²) in [5.41, 5.74) is 4.06. The van der Waals surface area contributed by atoms with E-state index in [2.05, 4.69) is 36.4 Å². The first-order valence-corrected chi connectivity index (χ1v) is 9.94. The van der Waals surface area contributed by atoms with Crippen LogP contribution in [-0.2, 0) is 16.6 Å². The van der Waals surface area contributed by atoms with Crippen LogP contribution >= 0.6 is 15.9 Å². The number of pyridine rings is 1. The quantitative estimate of drug-likeness (QED) is 0.485. The minimum Gasteiger partial charge on any atom is -0.338 e. The van der Waals surface area contributed by atoms with Gasteiger partial charge in [0.15, 0.2) is 0 Å². The number of fused-ring (bicyclic) bond motifs is 1. The number of hydrogen-bond donors (Lipinski definition) is 1. The third-order valence-electron chi connectivity index (χ3n) is 4.48. The van der Waals surface area contributed by atoms with Crippen molar-refractivity contribution in [3.63, 3.8) is 0 Å². The van der Waals surface area contributed by atoms with E-state index in [-0.39, 0.29) is 17.7 Å². The second-order valence-corrected chi connectivity index (χ2v) is 8.72. The van der Waals surface area contributed by atoms with Gasteiger partial charge >= 0.3 is 0 Å². The molecular formula is C21H20BrN5O2. The number of halogens is 1. The Morgan fingerprint density at radius 3 is 2.69 bits per heavy atom. The minimum absolute atomic E-state index is 0.141. The number of carbonyl (C=O) groups is 1. The lowest BCUT2D eigenvalue weighted by Crippen LogP contribution is -2.15. The van der Waals surface area contributed by atoms with Crippen LogP contribution in [0.2, 0.25) is 0 Å². The maximum absolute atomic E-state index is 12.3. The van der Waals surface area contributed by atoms with Gasteiger partial charge in [0.05, 0.1) is 35.0 Å². The van der Waals surface area contributed by atoms with Crippen LogP contribution in [0.5, 0.6) is 0 Å². The predicted molar refractivity (Wildman–Crippen MR) is 114 cm³/mol. The number of hydrogen-bond acceptors (Lipinski definition) is 5. The van der Waals surface area contributed by atoms with Crippen LogP contribution in [0.1, 0.15) is 32.2 Å². The molecule has 0 unspecified atom stereocenters. The largest absolute Gasteiger partial charge is 0.338 e. The van der Waals surface area contributed by atoms with Crippen LogP contribution in [0.25, 0.3) is 16.7 Å².